The lowest BCUT2D eigenvalue weighted by Gasteiger charge is -2.22. The van der Waals surface area contributed by atoms with Gasteiger partial charge in [0, 0.05) is 25.4 Å². The lowest BCUT2D eigenvalue weighted by Crippen LogP contribution is -2.32. The summed E-state index contributed by atoms with van der Waals surface area (Å²) in [4.78, 5) is 23.6. The van der Waals surface area contributed by atoms with Crippen molar-refractivity contribution in [1.82, 2.24) is 15.1 Å². The van der Waals surface area contributed by atoms with Crippen LogP contribution >= 0.6 is 11.6 Å². The van der Waals surface area contributed by atoms with Gasteiger partial charge in [0.25, 0.3) is 5.91 Å². The van der Waals surface area contributed by atoms with Crippen LogP contribution in [-0.4, -0.2) is 34.7 Å². The van der Waals surface area contributed by atoms with Crippen molar-refractivity contribution in [3.05, 3.63) is 41.2 Å². The molecule has 7 nitrogen and oxygen atoms in total. The van der Waals surface area contributed by atoms with Gasteiger partial charge in [0.15, 0.2) is 5.69 Å². The van der Waals surface area contributed by atoms with Crippen molar-refractivity contribution in [3.63, 3.8) is 0 Å². The molecule has 1 aliphatic rings. The minimum Gasteiger partial charge on any atom is -0.326 e. The summed E-state index contributed by atoms with van der Waals surface area (Å²) in [6.07, 6.45) is 3.96. The first kappa shape index (κ1) is 17.4. The van der Waals surface area contributed by atoms with Gasteiger partial charge in [-0.25, -0.2) is 0 Å². The maximum Gasteiger partial charge on any atom is 0.276 e. The molecule has 1 aliphatic heterocycles. The molecule has 0 bridgehead atoms. The Morgan fingerprint density at radius 2 is 2.16 bits per heavy atom. The van der Waals surface area contributed by atoms with Gasteiger partial charge in [-0.3, -0.25) is 14.3 Å². The third-order valence-electron chi connectivity index (χ3n) is 4.02. The first-order valence-corrected chi connectivity index (χ1v) is 8.55. The topological polar surface area (TPSA) is 88.0 Å². The highest BCUT2D eigenvalue weighted by molar-refractivity contribution is 6.34. The van der Waals surface area contributed by atoms with Crippen LogP contribution in [0.1, 0.15) is 36.3 Å². The Labute approximate surface area is 150 Å². The summed E-state index contributed by atoms with van der Waals surface area (Å²) in [6.45, 7) is 3.29. The lowest BCUT2D eigenvalue weighted by atomic mass is 10.1. The predicted octanol–water partition coefficient (Wildman–Crippen LogP) is 2.67. The van der Waals surface area contributed by atoms with E-state index in [1.807, 2.05) is 10.9 Å². The highest BCUT2D eigenvalue weighted by atomic mass is 35.5. The van der Waals surface area contributed by atoms with Crippen molar-refractivity contribution in [3.8, 4) is 0 Å². The fraction of sp³-hybridized carbons (Fsp3) is 0.353. The number of nitrogens with zero attached hydrogens (tertiary/aromatic N) is 2. The van der Waals surface area contributed by atoms with E-state index in [0.717, 1.165) is 25.9 Å². The monoisotopic (exact) mass is 361 g/mol. The highest BCUT2D eigenvalue weighted by Gasteiger charge is 2.18. The molecule has 3 rings (SSSR count). The van der Waals surface area contributed by atoms with E-state index in [4.69, 9.17) is 11.6 Å². The van der Waals surface area contributed by atoms with E-state index in [1.165, 1.54) is 6.92 Å². The minimum atomic E-state index is -0.343. The summed E-state index contributed by atoms with van der Waals surface area (Å²) in [5.41, 5.74) is 1.31. The molecule has 0 spiro atoms. The number of rotatable bonds is 4. The summed E-state index contributed by atoms with van der Waals surface area (Å²) in [7, 11) is 0. The van der Waals surface area contributed by atoms with Crippen LogP contribution in [-0.2, 0) is 4.79 Å². The van der Waals surface area contributed by atoms with Gasteiger partial charge in [-0.2, -0.15) is 5.10 Å². The van der Waals surface area contributed by atoms with Gasteiger partial charge in [0.05, 0.1) is 16.8 Å². The average molecular weight is 362 g/mol. The molecule has 3 N–H and O–H groups in total. The smallest absolute Gasteiger partial charge is 0.276 e. The number of carbonyl (C=O) groups excluding carboxylic acids is 2. The van der Waals surface area contributed by atoms with E-state index in [9.17, 15) is 9.59 Å². The van der Waals surface area contributed by atoms with E-state index in [0.29, 0.717) is 22.1 Å². The molecule has 132 valence electrons. The largest absolute Gasteiger partial charge is 0.326 e. The number of benzene rings is 1. The number of piperidine rings is 1. The predicted molar refractivity (Wildman–Crippen MR) is 97.1 cm³/mol. The standard InChI is InChI=1S/C17H20ClN5O2/c1-11(24)20-12-4-5-14(18)16(9-12)21-17(25)15-6-8-23(22-15)13-3-2-7-19-10-13/h4-6,8-9,13,19H,2-3,7,10H2,1H3,(H,20,24)(H,21,25). The fourth-order valence-corrected chi connectivity index (χ4v) is 2.97. The number of amides is 2. The number of hydrogen-bond donors (Lipinski definition) is 3. The molecule has 1 aromatic heterocycles. The van der Waals surface area contributed by atoms with E-state index >= 15 is 0 Å². The van der Waals surface area contributed by atoms with Crippen LogP contribution in [0.5, 0.6) is 0 Å². The molecule has 1 atom stereocenters. The Morgan fingerprint density at radius 3 is 2.88 bits per heavy atom. The summed E-state index contributed by atoms with van der Waals surface area (Å²) in [5.74, 6) is -0.538. The molecule has 2 aromatic rings. The Balaban J connectivity index is 1.71. The second-order valence-corrected chi connectivity index (χ2v) is 6.42. The Bertz CT molecular complexity index is 783. The molecule has 2 heterocycles. The normalized spacial score (nSPS) is 17.1. The molecule has 1 saturated heterocycles. The summed E-state index contributed by atoms with van der Waals surface area (Å²) in [5, 5.41) is 13.5. The van der Waals surface area contributed by atoms with Crippen LogP contribution in [0, 0.1) is 0 Å². The molecule has 1 aromatic carbocycles. The SMILES string of the molecule is CC(=O)Nc1ccc(Cl)c(NC(=O)c2ccn(C3CCCNC3)n2)c1. The van der Waals surface area contributed by atoms with Gasteiger partial charge in [0.2, 0.25) is 5.91 Å². The zero-order chi connectivity index (χ0) is 17.8. The second kappa shape index (κ2) is 7.67. The van der Waals surface area contributed by atoms with Crippen molar-refractivity contribution in [1.29, 1.82) is 0 Å². The number of carbonyl (C=O) groups is 2. The van der Waals surface area contributed by atoms with Crippen LogP contribution in [0.25, 0.3) is 0 Å². The first-order chi connectivity index (χ1) is 12.0. The number of aromatic nitrogens is 2. The molecule has 0 radical (unpaired) electrons. The van der Waals surface area contributed by atoms with Gasteiger partial charge in [-0.05, 0) is 43.7 Å². The minimum absolute atomic E-state index is 0.195. The van der Waals surface area contributed by atoms with Gasteiger partial charge in [0.1, 0.15) is 0 Å². The molecule has 1 unspecified atom stereocenters. The first-order valence-electron chi connectivity index (χ1n) is 8.17. The number of halogens is 1. The fourth-order valence-electron chi connectivity index (χ4n) is 2.81. The third kappa shape index (κ3) is 4.37. The molecule has 25 heavy (non-hydrogen) atoms. The van der Waals surface area contributed by atoms with Gasteiger partial charge in [-0.1, -0.05) is 11.6 Å². The number of anilines is 2. The molecular weight excluding hydrogens is 342 g/mol. The van der Waals surface area contributed by atoms with Gasteiger partial charge in [-0.15, -0.1) is 0 Å². The van der Waals surface area contributed by atoms with Crippen molar-refractivity contribution < 1.29 is 9.59 Å². The van der Waals surface area contributed by atoms with Crippen molar-refractivity contribution in [2.45, 2.75) is 25.8 Å². The quantitative estimate of drug-likeness (QED) is 0.781. The van der Waals surface area contributed by atoms with Crippen LogP contribution < -0.4 is 16.0 Å². The highest BCUT2D eigenvalue weighted by Crippen LogP contribution is 2.26. The van der Waals surface area contributed by atoms with Crippen LogP contribution in [0.2, 0.25) is 5.02 Å². The summed E-state index contributed by atoms with van der Waals surface area (Å²) < 4.78 is 1.83. The van der Waals surface area contributed by atoms with Crippen molar-refractivity contribution >= 4 is 34.8 Å². The summed E-state index contributed by atoms with van der Waals surface area (Å²) in [6, 6.07) is 6.86. The zero-order valence-electron chi connectivity index (χ0n) is 13.9. The third-order valence-corrected chi connectivity index (χ3v) is 4.35. The van der Waals surface area contributed by atoms with E-state index < -0.39 is 0 Å². The maximum atomic E-state index is 12.4. The molecule has 2 amide bonds. The Hall–Kier alpha value is -2.38. The summed E-state index contributed by atoms with van der Waals surface area (Å²) >= 11 is 6.13. The van der Waals surface area contributed by atoms with Gasteiger partial charge >= 0.3 is 0 Å². The molecule has 1 fully saturated rings. The Morgan fingerprint density at radius 1 is 1.32 bits per heavy atom. The molecule has 0 aliphatic carbocycles. The zero-order valence-corrected chi connectivity index (χ0v) is 14.6. The van der Waals surface area contributed by atoms with E-state index in [-0.39, 0.29) is 17.9 Å². The van der Waals surface area contributed by atoms with Crippen LogP contribution in [0.15, 0.2) is 30.5 Å². The number of hydrogen-bond acceptors (Lipinski definition) is 4. The number of nitrogens with one attached hydrogen (secondary N) is 3. The van der Waals surface area contributed by atoms with E-state index in [2.05, 4.69) is 21.0 Å². The second-order valence-electron chi connectivity index (χ2n) is 6.01. The van der Waals surface area contributed by atoms with E-state index in [1.54, 1.807) is 24.3 Å². The van der Waals surface area contributed by atoms with Crippen LogP contribution in [0.3, 0.4) is 0 Å². The van der Waals surface area contributed by atoms with Crippen molar-refractivity contribution in [2.24, 2.45) is 0 Å². The van der Waals surface area contributed by atoms with Gasteiger partial charge < -0.3 is 16.0 Å². The van der Waals surface area contributed by atoms with Crippen molar-refractivity contribution in [2.75, 3.05) is 23.7 Å². The molecule has 8 heteroatoms. The molecule has 0 saturated carbocycles. The molecular formula is C17H20ClN5O2. The lowest BCUT2D eigenvalue weighted by molar-refractivity contribution is -0.114. The van der Waals surface area contributed by atoms with Crippen LogP contribution in [0.4, 0.5) is 11.4 Å². The maximum absolute atomic E-state index is 12.4. The average Bonchev–Trinajstić information content (AvgIpc) is 3.08. The Kier molecular flexibility index (Phi) is 5.35.